The van der Waals surface area contributed by atoms with Gasteiger partial charge in [0.25, 0.3) is 0 Å². The Hall–Kier alpha value is 0.946. The largest absolute Gasteiger partial charge is 2.00 e. The molecule has 0 bridgehead atoms. The van der Waals surface area contributed by atoms with Crippen molar-refractivity contribution in [1.29, 1.82) is 0 Å². The molecule has 11 heavy (non-hydrogen) atoms. The molecular formula is C8H10Br2Mg. The van der Waals surface area contributed by atoms with Crippen LogP contribution in [-0.4, -0.2) is 23.1 Å². The number of benzene rings is 1. The van der Waals surface area contributed by atoms with Crippen molar-refractivity contribution in [3.63, 3.8) is 0 Å². The minimum Gasteiger partial charge on any atom is -0.346 e. The van der Waals surface area contributed by atoms with Crippen LogP contribution in [0.25, 0.3) is 0 Å². The van der Waals surface area contributed by atoms with Crippen molar-refractivity contribution in [2.24, 2.45) is 0 Å². The van der Waals surface area contributed by atoms with Crippen LogP contribution in [0.5, 0.6) is 0 Å². The predicted molar refractivity (Wildman–Crippen MR) is 60.1 cm³/mol. The molecule has 58 valence electrons. The first-order chi connectivity index (χ1) is 4.39. The minimum absolute atomic E-state index is 0. The van der Waals surface area contributed by atoms with Crippen LogP contribution in [0.3, 0.4) is 0 Å². The first-order valence-electron chi connectivity index (χ1n) is 2.72. The second-order valence-electron chi connectivity index (χ2n) is 1.22. The maximum atomic E-state index is 3.29. The summed E-state index contributed by atoms with van der Waals surface area (Å²) in [6, 6.07) is 10.5. The van der Waals surface area contributed by atoms with Crippen molar-refractivity contribution in [3.05, 3.63) is 41.7 Å². The molecule has 0 radical (unpaired) electrons. The van der Waals surface area contributed by atoms with Crippen molar-refractivity contribution < 1.29 is 0 Å². The Morgan fingerprint density at radius 2 is 1.64 bits per heavy atom. The van der Waals surface area contributed by atoms with Gasteiger partial charge in [-0.1, -0.05) is 20.4 Å². The van der Waals surface area contributed by atoms with E-state index in [2.05, 4.69) is 28.9 Å². The molecule has 0 N–H and O–H groups in total. The van der Waals surface area contributed by atoms with Gasteiger partial charge in [0, 0.05) is 0 Å². The zero-order valence-corrected chi connectivity index (χ0v) is 11.2. The van der Waals surface area contributed by atoms with Crippen LogP contribution in [-0.2, 0) is 0 Å². The van der Waals surface area contributed by atoms with Crippen LogP contribution in [0, 0.1) is 13.0 Å². The fourth-order valence-electron chi connectivity index (χ4n) is 0.367. The summed E-state index contributed by atoms with van der Waals surface area (Å²) in [5.41, 5.74) is 0. The topological polar surface area (TPSA) is 0 Å². The molecule has 0 nitrogen and oxygen atoms in total. The molecule has 0 saturated carbocycles. The maximum absolute atomic E-state index is 3.29. The fraction of sp³-hybridized carbons (Fsp3) is 0.125. The maximum Gasteiger partial charge on any atom is 2.00 e. The van der Waals surface area contributed by atoms with Gasteiger partial charge in [-0.25, -0.2) is 0 Å². The van der Waals surface area contributed by atoms with Gasteiger partial charge in [-0.2, -0.15) is 37.3 Å². The Morgan fingerprint density at radius 3 is 1.82 bits per heavy atom. The van der Waals surface area contributed by atoms with Gasteiger partial charge in [0.15, 0.2) is 0 Å². The van der Waals surface area contributed by atoms with E-state index in [9.17, 15) is 0 Å². The number of hydrogen-bond acceptors (Lipinski definition) is 0. The molecule has 0 atom stereocenters. The van der Waals surface area contributed by atoms with Crippen molar-refractivity contribution in [3.8, 4) is 0 Å². The van der Waals surface area contributed by atoms with E-state index in [1.165, 1.54) is 0 Å². The van der Waals surface area contributed by atoms with Gasteiger partial charge in [-0.05, 0) is 0 Å². The van der Waals surface area contributed by atoms with Crippen molar-refractivity contribution in [2.75, 3.05) is 0 Å². The van der Waals surface area contributed by atoms with Gasteiger partial charge in [-0.15, -0.1) is 17.0 Å². The Labute approximate surface area is 104 Å². The molecule has 0 heterocycles. The third-order valence-electron chi connectivity index (χ3n) is 0.678. The van der Waals surface area contributed by atoms with Crippen molar-refractivity contribution in [2.45, 2.75) is 6.92 Å². The molecule has 0 saturated heterocycles. The van der Waals surface area contributed by atoms with Crippen LogP contribution in [0.15, 0.2) is 28.7 Å². The summed E-state index contributed by atoms with van der Waals surface area (Å²) in [4.78, 5) is 0. The number of rotatable bonds is 0. The van der Waals surface area contributed by atoms with Crippen LogP contribution in [0.2, 0.25) is 0 Å². The van der Waals surface area contributed by atoms with Crippen molar-refractivity contribution in [1.82, 2.24) is 0 Å². The molecule has 0 aromatic heterocycles. The zero-order valence-electron chi connectivity index (χ0n) is 6.51. The van der Waals surface area contributed by atoms with Gasteiger partial charge >= 0.3 is 23.1 Å². The van der Waals surface area contributed by atoms with Crippen LogP contribution >= 0.6 is 32.9 Å². The Bertz CT molecular complexity index is 142. The van der Waals surface area contributed by atoms with E-state index in [1.807, 2.05) is 24.3 Å². The molecule has 0 spiro atoms. The molecular weight excluding hydrogens is 280 g/mol. The van der Waals surface area contributed by atoms with E-state index in [0.29, 0.717) is 0 Å². The third-order valence-corrected chi connectivity index (χ3v) is 1.21. The van der Waals surface area contributed by atoms with E-state index < -0.39 is 0 Å². The van der Waals surface area contributed by atoms with Gasteiger partial charge in [0.05, 0.1) is 0 Å². The summed E-state index contributed by atoms with van der Waals surface area (Å²) in [6.07, 6.45) is 0. The molecule has 0 aliphatic heterocycles. The first kappa shape index (κ1) is 17.9. The molecule has 0 aliphatic carbocycles. The van der Waals surface area contributed by atoms with E-state index in [-0.39, 0.29) is 40.0 Å². The quantitative estimate of drug-likeness (QED) is 0.508. The van der Waals surface area contributed by atoms with Crippen LogP contribution < -0.4 is 0 Å². The smallest absolute Gasteiger partial charge is 0.346 e. The summed E-state index contributed by atoms with van der Waals surface area (Å²) in [5, 5.41) is 0. The predicted octanol–water partition coefficient (Wildman–Crippen LogP) is 3.29. The second kappa shape index (κ2) is 13.5. The van der Waals surface area contributed by atoms with Crippen LogP contribution in [0.4, 0.5) is 0 Å². The van der Waals surface area contributed by atoms with Gasteiger partial charge in [0.1, 0.15) is 0 Å². The summed E-state index contributed by atoms with van der Waals surface area (Å²) < 4.78 is 1.10. The van der Waals surface area contributed by atoms with E-state index >= 15 is 0 Å². The first-order valence-corrected chi connectivity index (χ1v) is 3.51. The van der Waals surface area contributed by atoms with Gasteiger partial charge < -0.3 is 6.92 Å². The molecule has 3 heteroatoms. The Balaban J connectivity index is -0.000000149. The van der Waals surface area contributed by atoms with E-state index in [4.69, 9.17) is 0 Å². The summed E-state index contributed by atoms with van der Waals surface area (Å²) in [7, 11) is 0. The second-order valence-corrected chi connectivity index (χ2v) is 2.13. The Kier molecular flexibility index (Phi) is 22.0. The molecule has 0 fully saturated rings. The SMILES string of the molecule is Br.Brc1cc[c-]cc1.[CH2-]C.[Mg+2]. The molecule has 1 rings (SSSR count). The van der Waals surface area contributed by atoms with E-state index in [0.717, 1.165) is 4.47 Å². The standard InChI is InChI=1S/C6H4Br.C2H5.BrH.Mg/c7-6-4-2-1-3-5-6;1-2;;/h2-5H;1H2,2H3;1H;/q2*-1;;+2. The van der Waals surface area contributed by atoms with Gasteiger partial charge in [-0.3, -0.25) is 0 Å². The third kappa shape index (κ3) is 10.9. The minimum atomic E-state index is 0. The Morgan fingerprint density at radius 1 is 1.27 bits per heavy atom. The molecule has 0 aliphatic rings. The van der Waals surface area contributed by atoms with Gasteiger partial charge in [0.2, 0.25) is 0 Å². The zero-order chi connectivity index (χ0) is 7.11. The summed E-state index contributed by atoms with van der Waals surface area (Å²) in [6.45, 7) is 5.00. The summed E-state index contributed by atoms with van der Waals surface area (Å²) in [5.74, 6) is 0. The average Bonchev–Trinajstić information content (AvgIpc) is 1.94. The number of hydrogen-bond donors (Lipinski definition) is 0. The molecule has 0 unspecified atom stereocenters. The average molecular weight is 290 g/mol. The fourth-order valence-corrected chi connectivity index (χ4v) is 0.631. The monoisotopic (exact) mass is 288 g/mol. The summed E-state index contributed by atoms with van der Waals surface area (Å²) >= 11 is 3.29. The van der Waals surface area contributed by atoms with Crippen molar-refractivity contribution >= 4 is 56.0 Å². The molecule has 1 aromatic rings. The van der Waals surface area contributed by atoms with Crippen LogP contribution in [0.1, 0.15) is 6.92 Å². The molecule has 1 aromatic carbocycles. The molecule has 0 amide bonds. The normalized spacial score (nSPS) is 6.09. The number of halogens is 2. The van der Waals surface area contributed by atoms with E-state index in [1.54, 1.807) is 6.92 Å².